The van der Waals surface area contributed by atoms with Crippen molar-refractivity contribution in [2.75, 3.05) is 31.6 Å². The maximum atomic E-state index is 13.0. The summed E-state index contributed by atoms with van der Waals surface area (Å²) in [6, 6.07) is 8.65. The number of morpholine rings is 1. The highest BCUT2D eigenvalue weighted by atomic mass is 32.2. The van der Waals surface area contributed by atoms with Gasteiger partial charge in [0.2, 0.25) is 15.9 Å². The molecule has 1 amide bonds. The van der Waals surface area contributed by atoms with E-state index in [1.54, 1.807) is 6.07 Å². The third kappa shape index (κ3) is 5.53. The number of carbonyl (C=O) groups excluding carboxylic acids is 1. The number of sulfonamides is 1. The van der Waals surface area contributed by atoms with Crippen LogP contribution in [0.4, 0.5) is 10.1 Å². The Morgan fingerprint density at radius 2 is 1.93 bits per heavy atom. The normalized spacial score (nSPS) is 16.3. The van der Waals surface area contributed by atoms with Gasteiger partial charge < -0.3 is 10.1 Å². The standard InChI is InChI=1S/C19H22FN3O4S2/c1-2-17(19(24)22-15-5-3-14(20)4-6-15)28-18-8-7-16(13-21-18)29(25,26)23-9-11-27-12-10-23/h3-8,13,17H,2,9-12H2,1H3,(H,22,24). The van der Waals surface area contributed by atoms with Crippen molar-refractivity contribution in [1.82, 2.24) is 9.29 Å². The first-order valence-electron chi connectivity index (χ1n) is 9.17. The molecular formula is C19H22FN3O4S2. The molecule has 2 aromatic rings. The maximum absolute atomic E-state index is 13.0. The minimum absolute atomic E-state index is 0.118. The Morgan fingerprint density at radius 1 is 1.24 bits per heavy atom. The van der Waals surface area contributed by atoms with E-state index in [0.717, 1.165) is 0 Å². The van der Waals surface area contributed by atoms with Crippen LogP contribution in [-0.4, -0.2) is 55.2 Å². The SMILES string of the molecule is CCC(Sc1ccc(S(=O)(=O)N2CCOCC2)cn1)C(=O)Nc1ccc(F)cc1. The maximum Gasteiger partial charge on any atom is 0.244 e. The number of amides is 1. The lowest BCUT2D eigenvalue weighted by Gasteiger charge is -2.25. The number of thioether (sulfide) groups is 1. The molecule has 1 unspecified atom stereocenters. The zero-order valence-electron chi connectivity index (χ0n) is 15.9. The molecule has 1 N–H and O–H groups in total. The first-order valence-corrected chi connectivity index (χ1v) is 11.5. The molecule has 0 saturated carbocycles. The Kier molecular flexibility index (Phi) is 7.23. The van der Waals surface area contributed by atoms with Crippen LogP contribution >= 0.6 is 11.8 Å². The summed E-state index contributed by atoms with van der Waals surface area (Å²) >= 11 is 1.25. The topological polar surface area (TPSA) is 88.6 Å². The van der Waals surface area contributed by atoms with Crippen LogP contribution in [0.2, 0.25) is 0 Å². The highest BCUT2D eigenvalue weighted by molar-refractivity contribution is 8.00. The zero-order valence-corrected chi connectivity index (χ0v) is 17.5. The van der Waals surface area contributed by atoms with Gasteiger partial charge in [0.05, 0.1) is 23.5 Å². The largest absolute Gasteiger partial charge is 0.379 e. The Labute approximate surface area is 173 Å². The average Bonchev–Trinajstić information content (AvgIpc) is 2.74. The van der Waals surface area contributed by atoms with Crippen LogP contribution in [0, 0.1) is 5.82 Å². The number of nitrogens with zero attached hydrogens (tertiary/aromatic N) is 2. The number of nitrogens with one attached hydrogen (secondary N) is 1. The Balaban J connectivity index is 1.65. The molecule has 10 heteroatoms. The van der Waals surface area contributed by atoms with Crippen molar-refractivity contribution in [3.63, 3.8) is 0 Å². The average molecular weight is 440 g/mol. The molecule has 1 atom stereocenters. The van der Waals surface area contributed by atoms with E-state index in [4.69, 9.17) is 4.74 Å². The number of benzene rings is 1. The molecule has 1 aromatic heterocycles. The summed E-state index contributed by atoms with van der Waals surface area (Å²) in [4.78, 5) is 16.8. The number of carbonyl (C=O) groups is 1. The summed E-state index contributed by atoms with van der Waals surface area (Å²) in [6.07, 6.45) is 1.87. The van der Waals surface area contributed by atoms with Gasteiger partial charge in [-0.25, -0.2) is 17.8 Å². The van der Waals surface area contributed by atoms with Crippen molar-refractivity contribution in [3.8, 4) is 0 Å². The first-order chi connectivity index (χ1) is 13.9. The Morgan fingerprint density at radius 3 is 2.52 bits per heavy atom. The molecule has 1 aliphatic rings. The lowest BCUT2D eigenvalue weighted by Crippen LogP contribution is -2.40. The van der Waals surface area contributed by atoms with Gasteiger partial charge in [0, 0.05) is 25.0 Å². The number of hydrogen-bond acceptors (Lipinski definition) is 6. The quantitative estimate of drug-likeness (QED) is 0.668. The van der Waals surface area contributed by atoms with Crippen molar-refractivity contribution in [1.29, 1.82) is 0 Å². The summed E-state index contributed by atoms with van der Waals surface area (Å²) in [6.45, 7) is 3.27. The second kappa shape index (κ2) is 9.66. The van der Waals surface area contributed by atoms with Gasteiger partial charge in [-0.05, 0) is 42.8 Å². The lowest BCUT2D eigenvalue weighted by molar-refractivity contribution is -0.115. The fourth-order valence-electron chi connectivity index (χ4n) is 2.75. The van der Waals surface area contributed by atoms with Gasteiger partial charge in [-0.1, -0.05) is 18.7 Å². The third-order valence-corrected chi connectivity index (χ3v) is 7.55. The molecule has 2 heterocycles. The Bertz CT molecular complexity index is 931. The molecule has 0 radical (unpaired) electrons. The minimum Gasteiger partial charge on any atom is -0.379 e. The van der Waals surface area contributed by atoms with Crippen LogP contribution in [0.15, 0.2) is 52.5 Å². The molecule has 7 nitrogen and oxygen atoms in total. The highest BCUT2D eigenvalue weighted by Gasteiger charge is 2.27. The van der Waals surface area contributed by atoms with Gasteiger partial charge >= 0.3 is 0 Å². The van der Waals surface area contributed by atoms with Gasteiger partial charge in [-0.2, -0.15) is 4.31 Å². The fourth-order valence-corrected chi connectivity index (χ4v) is 4.99. The number of ether oxygens (including phenoxy) is 1. The van der Waals surface area contributed by atoms with E-state index in [1.807, 2.05) is 6.92 Å². The number of anilines is 1. The van der Waals surface area contributed by atoms with Crippen molar-refractivity contribution in [2.24, 2.45) is 0 Å². The molecule has 1 aliphatic heterocycles. The third-order valence-electron chi connectivity index (χ3n) is 4.36. The summed E-state index contributed by atoms with van der Waals surface area (Å²) in [5.41, 5.74) is 0.510. The molecular weight excluding hydrogens is 417 g/mol. The summed E-state index contributed by atoms with van der Waals surface area (Å²) in [5.74, 6) is -0.600. The second-order valence-electron chi connectivity index (χ2n) is 6.36. The van der Waals surface area contributed by atoms with Crippen LogP contribution in [-0.2, 0) is 19.6 Å². The number of pyridine rings is 1. The predicted molar refractivity (Wildman–Crippen MR) is 109 cm³/mol. The van der Waals surface area contributed by atoms with E-state index in [1.165, 1.54) is 52.6 Å². The number of halogens is 1. The first kappa shape index (κ1) is 21.7. The fraction of sp³-hybridized carbons (Fsp3) is 0.368. The highest BCUT2D eigenvalue weighted by Crippen LogP contribution is 2.26. The molecule has 1 aromatic carbocycles. The summed E-state index contributed by atoms with van der Waals surface area (Å²) in [7, 11) is -3.60. The van der Waals surface area contributed by atoms with E-state index < -0.39 is 15.3 Å². The molecule has 0 spiro atoms. The van der Waals surface area contributed by atoms with Crippen LogP contribution in [0.5, 0.6) is 0 Å². The molecule has 1 saturated heterocycles. The minimum atomic E-state index is -3.60. The van der Waals surface area contributed by atoms with Crippen molar-refractivity contribution in [3.05, 3.63) is 48.4 Å². The van der Waals surface area contributed by atoms with Crippen LogP contribution in [0.1, 0.15) is 13.3 Å². The number of rotatable bonds is 7. The van der Waals surface area contributed by atoms with Crippen molar-refractivity contribution < 1.29 is 22.3 Å². The van der Waals surface area contributed by atoms with Crippen molar-refractivity contribution >= 4 is 33.4 Å². The van der Waals surface area contributed by atoms with Gasteiger partial charge in [-0.15, -0.1) is 0 Å². The van der Waals surface area contributed by atoms with E-state index in [-0.39, 0.29) is 16.6 Å². The van der Waals surface area contributed by atoms with Crippen LogP contribution in [0.25, 0.3) is 0 Å². The van der Waals surface area contributed by atoms with Gasteiger partial charge in [0.1, 0.15) is 10.7 Å². The van der Waals surface area contributed by atoms with Crippen LogP contribution in [0.3, 0.4) is 0 Å². The monoisotopic (exact) mass is 439 g/mol. The predicted octanol–water partition coefficient (Wildman–Crippen LogP) is 2.75. The molecule has 1 fully saturated rings. The van der Waals surface area contributed by atoms with Crippen LogP contribution < -0.4 is 5.32 Å². The van der Waals surface area contributed by atoms with Gasteiger partial charge in [0.15, 0.2) is 0 Å². The summed E-state index contributed by atoms with van der Waals surface area (Å²) < 4.78 is 44.9. The number of aromatic nitrogens is 1. The van der Waals surface area contributed by atoms with E-state index in [9.17, 15) is 17.6 Å². The molecule has 29 heavy (non-hydrogen) atoms. The zero-order chi connectivity index (χ0) is 20.9. The van der Waals surface area contributed by atoms with Gasteiger partial charge in [-0.3, -0.25) is 4.79 Å². The summed E-state index contributed by atoms with van der Waals surface area (Å²) in [5, 5.41) is 2.88. The number of hydrogen-bond donors (Lipinski definition) is 1. The van der Waals surface area contributed by atoms with E-state index in [0.29, 0.717) is 43.4 Å². The lowest BCUT2D eigenvalue weighted by atomic mass is 10.2. The Hall–Kier alpha value is -2.01. The molecule has 156 valence electrons. The molecule has 3 rings (SSSR count). The van der Waals surface area contributed by atoms with E-state index >= 15 is 0 Å². The van der Waals surface area contributed by atoms with E-state index in [2.05, 4.69) is 10.3 Å². The molecule has 0 aliphatic carbocycles. The van der Waals surface area contributed by atoms with Crippen molar-refractivity contribution in [2.45, 2.75) is 28.5 Å². The molecule has 0 bridgehead atoms. The van der Waals surface area contributed by atoms with Gasteiger partial charge in [0.25, 0.3) is 0 Å². The second-order valence-corrected chi connectivity index (χ2v) is 9.52. The smallest absolute Gasteiger partial charge is 0.244 e.